The monoisotopic (exact) mass is 754 g/mol. The topological polar surface area (TPSA) is 0 Å². The molecule has 0 atom stereocenters. The zero-order chi connectivity index (χ0) is 32.0. The fourth-order valence-corrected chi connectivity index (χ4v) is 19.6. The number of hydrogen-bond acceptors (Lipinski definition) is 0. The minimum absolute atomic E-state index is 0. The van der Waals surface area contributed by atoms with Crippen LogP contribution < -0.4 is 24.8 Å². The molecule has 4 fully saturated rings. The predicted octanol–water partition coefficient (Wildman–Crippen LogP) is 5.84. The molecule has 0 saturated heterocycles. The predicted molar refractivity (Wildman–Crippen MR) is 193 cm³/mol. The van der Waals surface area contributed by atoms with Crippen LogP contribution in [0.25, 0.3) is 11.1 Å². The van der Waals surface area contributed by atoms with Crippen molar-refractivity contribution in [1.82, 2.24) is 0 Å². The van der Waals surface area contributed by atoms with Crippen LogP contribution in [-0.2, 0) is 38.5 Å². The van der Waals surface area contributed by atoms with Crippen molar-refractivity contribution in [2.45, 2.75) is 114 Å². The van der Waals surface area contributed by atoms with Gasteiger partial charge < -0.3 is 24.8 Å². The molecular weight excluding hydrogens is 703 g/mol. The van der Waals surface area contributed by atoms with E-state index in [9.17, 15) is 0 Å². The third-order valence-corrected chi connectivity index (χ3v) is 20.2. The normalized spacial score (nSPS) is 25.8. The quantitative estimate of drug-likeness (QED) is 0.307. The van der Waals surface area contributed by atoms with Gasteiger partial charge in [-0.05, 0) is 0 Å². The molecule has 3 aromatic carbocycles. The van der Waals surface area contributed by atoms with Crippen LogP contribution in [0.4, 0.5) is 0 Å². The van der Waals surface area contributed by atoms with E-state index in [1.54, 1.807) is 16.7 Å². The summed E-state index contributed by atoms with van der Waals surface area (Å²) in [5.41, 5.74) is 15.1. The summed E-state index contributed by atoms with van der Waals surface area (Å²) in [6.07, 6.45) is 14.0. The van der Waals surface area contributed by atoms with Gasteiger partial charge in [-0.3, -0.25) is 0 Å². The largest absolute Gasteiger partial charge is 1.00 e. The molecule has 3 heteroatoms. The van der Waals surface area contributed by atoms with E-state index in [1.807, 2.05) is 8.85 Å². The summed E-state index contributed by atoms with van der Waals surface area (Å²) in [5.74, 6) is 2.93. The SMILES string of the molecule is CC1=CC[C](/[Zr+2](=[CH]/Cc2ccccc2)[CH]2c3cc(C(C)(C)C)ccc3-c3ccc(C(C)(C)C)cc32)=C1C12CC3CC(CC(C3)C1)C2.[Cl-].[Cl-]. The molecule has 252 valence electrons. The molecule has 6 aliphatic carbocycles. The van der Waals surface area contributed by atoms with E-state index in [0.29, 0.717) is 9.04 Å². The Kier molecular flexibility index (Phi) is 9.99. The van der Waals surface area contributed by atoms with E-state index < -0.39 is 21.3 Å². The molecule has 0 unspecified atom stereocenters. The molecule has 9 rings (SSSR count). The van der Waals surface area contributed by atoms with Gasteiger partial charge in [-0.25, -0.2) is 0 Å². The summed E-state index contributed by atoms with van der Waals surface area (Å²) in [6.45, 7) is 16.9. The second-order valence-corrected chi connectivity index (χ2v) is 24.2. The fraction of sp³-hybridized carbons (Fsp3) is 0.489. The Morgan fingerprint density at radius 1 is 0.708 bits per heavy atom. The molecule has 4 bridgehead atoms. The van der Waals surface area contributed by atoms with E-state index >= 15 is 0 Å². The van der Waals surface area contributed by atoms with Crippen molar-refractivity contribution in [3.05, 3.63) is 115 Å². The van der Waals surface area contributed by atoms with E-state index in [-0.39, 0.29) is 35.6 Å². The van der Waals surface area contributed by atoms with Crippen molar-refractivity contribution in [3.8, 4) is 11.1 Å². The summed E-state index contributed by atoms with van der Waals surface area (Å²) in [6, 6.07) is 26.5. The Hall–Kier alpha value is -1.53. The van der Waals surface area contributed by atoms with Crippen LogP contribution in [0.3, 0.4) is 0 Å². The van der Waals surface area contributed by atoms with Crippen LogP contribution in [0.5, 0.6) is 0 Å². The van der Waals surface area contributed by atoms with Crippen molar-refractivity contribution < 1.29 is 46.1 Å². The van der Waals surface area contributed by atoms with Crippen LogP contribution in [0, 0.1) is 23.2 Å². The van der Waals surface area contributed by atoms with Crippen molar-refractivity contribution in [1.29, 1.82) is 0 Å². The van der Waals surface area contributed by atoms with E-state index in [0.717, 1.165) is 24.2 Å². The average molecular weight is 757 g/mol. The zero-order valence-corrected chi connectivity index (χ0v) is 34.2. The van der Waals surface area contributed by atoms with E-state index in [2.05, 4.69) is 125 Å². The molecule has 0 aromatic heterocycles. The van der Waals surface area contributed by atoms with Crippen LogP contribution in [0.2, 0.25) is 0 Å². The van der Waals surface area contributed by atoms with Gasteiger partial charge in [-0.2, -0.15) is 0 Å². The van der Waals surface area contributed by atoms with Crippen LogP contribution >= 0.6 is 0 Å². The Labute approximate surface area is 311 Å². The molecule has 0 N–H and O–H groups in total. The number of hydrogen-bond donors (Lipinski definition) is 0. The van der Waals surface area contributed by atoms with Gasteiger partial charge in [-0.1, -0.05) is 0 Å². The van der Waals surface area contributed by atoms with Crippen molar-refractivity contribution in [2.75, 3.05) is 0 Å². The molecule has 4 saturated carbocycles. The third-order valence-electron chi connectivity index (χ3n) is 12.7. The Bertz CT molecular complexity index is 1690. The molecule has 0 amide bonds. The van der Waals surface area contributed by atoms with E-state index in [1.165, 1.54) is 72.8 Å². The average Bonchev–Trinajstić information content (AvgIpc) is 3.54. The van der Waals surface area contributed by atoms with Crippen molar-refractivity contribution in [2.24, 2.45) is 23.2 Å². The van der Waals surface area contributed by atoms with Crippen molar-refractivity contribution in [3.63, 3.8) is 0 Å². The van der Waals surface area contributed by atoms with Gasteiger partial charge in [-0.15, -0.1) is 0 Å². The summed E-state index contributed by atoms with van der Waals surface area (Å²) >= 11 is -2.50. The third kappa shape index (κ3) is 6.30. The first-order chi connectivity index (χ1) is 21.9. The van der Waals surface area contributed by atoms with Crippen molar-refractivity contribution >= 4 is 3.71 Å². The molecule has 3 aromatic rings. The Morgan fingerprint density at radius 2 is 1.21 bits per heavy atom. The van der Waals surface area contributed by atoms with Gasteiger partial charge in [0.2, 0.25) is 0 Å². The molecule has 0 heterocycles. The Morgan fingerprint density at radius 3 is 1.69 bits per heavy atom. The molecule has 6 aliphatic rings. The summed E-state index contributed by atoms with van der Waals surface area (Å²) in [7, 11) is 0. The molecule has 48 heavy (non-hydrogen) atoms. The minimum atomic E-state index is -2.50. The second-order valence-electron chi connectivity index (χ2n) is 18.0. The maximum Gasteiger partial charge on any atom is -1.00 e. The summed E-state index contributed by atoms with van der Waals surface area (Å²) < 4.78 is 5.46. The van der Waals surface area contributed by atoms with Gasteiger partial charge in [0.1, 0.15) is 0 Å². The number of rotatable bonds is 5. The van der Waals surface area contributed by atoms with Gasteiger partial charge in [0, 0.05) is 0 Å². The number of fused-ring (bicyclic) bond motifs is 3. The van der Waals surface area contributed by atoms with Gasteiger partial charge in [0.05, 0.1) is 0 Å². The molecule has 0 nitrogen and oxygen atoms in total. The maximum atomic E-state index is 2.96. The first-order valence-corrected chi connectivity index (χ1v) is 22.4. The van der Waals surface area contributed by atoms with Gasteiger partial charge in [0.15, 0.2) is 0 Å². The van der Waals surface area contributed by atoms with Crippen LogP contribution in [0.15, 0.2) is 87.2 Å². The molecule has 0 aliphatic heterocycles. The first kappa shape index (κ1) is 36.3. The number of benzene rings is 3. The molecular formula is C45H54Cl2Zr. The molecule has 0 radical (unpaired) electrons. The maximum absolute atomic E-state index is 2.96. The summed E-state index contributed by atoms with van der Waals surface area (Å²) in [5, 5.41) is 0. The minimum Gasteiger partial charge on any atom is -1.00 e. The zero-order valence-electron chi connectivity index (χ0n) is 30.2. The Balaban J connectivity index is 0.00000201. The number of allylic oxidation sites excluding steroid dienone is 4. The standard InChI is InChI=1S/C21H25.C16H21.C8H8.2ClH.Zr/c1-20(2,3)16-7-9-18-14(12-16)11-15-13-17(21(4,5)6)8-10-19(15)18;1-11-3-2-4-15(11)16-8-12-5-13(9-16)7-14(6-12)10-16;1-2-8-6-4-3-5-7-8;;;/h7-13H,1-6H3;3,12-14H,2,5-10H2,1H3;1,3-7H,2H2;2*1H;/q;;;;;+2/p-2. The van der Waals surface area contributed by atoms with Gasteiger partial charge >= 0.3 is 289 Å². The van der Waals surface area contributed by atoms with Crippen LogP contribution in [-0.4, -0.2) is 3.71 Å². The fourth-order valence-electron chi connectivity index (χ4n) is 10.9. The van der Waals surface area contributed by atoms with Gasteiger partial charge in [0.25, 0.3) is 0 Å². The van der Waals surface area contributed by atoms with Crippen LogP contribution in [0.1, 0.15) is 125 Å². The molecule has 0 spiro atoms. The second kappa shape index (κ2) is 13.2. The summed E-state index contributed by atoms with van der Waals surface area (Å²) in [4.78, 5) is 0. The number of halogens is 2. The first-order valence-electron chi connectivity index (χ1n) is 18.3. The smallest absolute Gasteiger partial charge is 1.00 e. The van der Waals surface area contributed by atoms with E-state index in [4.69, 9.17) is 0 Å².